The summed E-state index contributed by atoms with van der Waals surface area (Å²) in [6, 6.07) is 4.67. The number of ether oxygens (including phenoxy) is 1. The fourth-order valence-electron chi connectivity index (χ4n) is 1.68. The van der Waals surface area contributed by atoms with Crippen LogP contribution in [0.1, 0.15) is 18.1 Å². The number of benzene rings is 1. The van der Waals surface area contributed by atoms with Crippen molar-refractivity contribution in [3.05, 3.63) is 41.5 Å². The van der Waals surface area contributed by atoms with Crippen LogP contribution in [-0.4, -0.2) is 9.97 Å². The van der Waals surface area contributed by atoms with Crippen LogP contribution in [0, 0.1) is 12.7 Å². The van der Waals surface area contributed by atoms with Crippen LogP contribution >= 0.6 is 0 Å². The van der Waals surface area contributed by atoms with Crippen molar-refractivity contribution >= 4 is 5.82 Å². The number of nitrogens with one attached hydrogen (secondary N) is 1. The molecule has 0 aliphatic heterocycles. The van der Waals surface area contributed by atoms with E-state index >= 15 is 0 Å². The summed E-state index contributed by atoms with van der Waals surface area (Å²) in [7, 11) is 0. The van der Waals surface area contributed by atoms with Gasteiger partial charge in [0.25, 0.3) is 0 Å². The first-order valence-electron chi connectivity index (χ1n) is 5.90. The van der Waals surface area contributed by atoms with Crippen molar-refractivity contribution in [3.8, 4) is 11.6 Å². The standard InChI is InChI=1S/C13H15FN4O/c1-3-10-12(18-15)16-7-17-13(10)19-9-5-4-8(2)11(14)6-9/h4-7H,3,15H2,1-2H3,(H,16,17,18). The van der Waals surface area contributed by atoms with Crippen LogP contribution in [0.3, 0.4) is 0 Å². The molecule has 1 aromatic heterocycles. The number of nitrogen functional groups attached to an aromatic ring is 1. The second kappa shape index (κ2) is 5.62. The number of rotatable bonds is 4. The first-order chi connectivity index (χ1) is 9.15. The predicted octanol–water partition coefficient (Wildman–Crippen LogP) is 2.56. The van der Waals surface area contributed by atoms with E-state index in [9.17, 15) is 4.39 Å². The van der Waals surface area contributed by atoms with Crippen LogP contribution in [0.4, 0.5) is 10.2 Å². The molecule has 2 rings (SSSR count). The molecular weight excluding hydrogens is 247 g/mol. The zero-order valence-electron chi connectivity index (χ0n) is 10.8. The molecule has 0 spiro atoms. The van der Waals surface area contributed by atoms with E-state index in [2.05, 4.69) is 15.4 Å². The van der Waals surface area contributed by atoms with E-state index in [1.807, 2.05) is 6.92 Å². The van der Waals surface area contributed by atoms with Crippen LogP contribution < -0.4 is 16.0 Å². The van der Waals surface area contributed by atoms with Gasteiger partial charge >= 0.3 is 0 Å². The maximum absolute atomic E-state index is 13.5. The van der Waals surface area contributed by atoms with Crippen molar-refractivity contribution in [2.45, 2.75) is 20.3 Å². The molecule has 0 aliphatic carbocycles. The van der Waals surface area contributed by atoms with E-state index in [1.54, 1.807) is 19.1 Å². The Morgan fingerprint density at radius 3 is 2.79 bits per heavy atom. The summed E-state index contributed by atoms with van der Waals surface area (Å²) in [5, 5.41) is 0. The third-order valence-corrected chi connectivity index (χ3v) is 2.75. The largest absolute Gasteiger partial charge is 0.438 e. The average molecular weight is 262 g/mol. The van der Waals surface area contributed by atoms with Gasteiger partial charge in [-0.25, -0.2) is 20.2 Å². The molecule has 3 N–H and O–H groups in total. The molecule has 0 saturated carbocycles. The SMILES string of the molecule is CCc1c(NN)ncnc1Oc1ccc(C)c(F)c1. The number of hydrogen-bond acceptors (Lipinski definition) is 5. The van der Waals surface area contributed by atoms with Crippen molar-refractivity contribution in [2.75, 3.05) is 5.43 Å². The average Bonchev–Trinajstić information content (AvgIpc) is 2.42. The molecule has 100 valence electrons. The van der Waals surface area contributed by atoms with Gasteiger partial charge in [0.1, 0.15) is 23.7 Å². The van der Waals surface area contributed by atoms with Crippen molar-refractivity contribution in [3.63, 3.8) is 0 Å². The molecule has 0 atom stereocenters. The molecule has 0 saturated heterocycles. The molecule has 19 heavy (non-hydrogen) atoms. The third kappa shape index (κ3) is 2.79. The molecule has 2 aromatic rings. The molecule has 0 amide bonds. The highest BCUT2D eigenvalue weighted by Gasteiger charge is 2.11. The monoisotopic (exact) mass is 262 g/mol. The molecule has 5 nitrogen and oxygen atoms in total. The molecule has 0 bridgehead atoms. The number of anilines is 1. The van der Waals surface area contributed by atoms with Gasteiger partial charge in [-0.2, -0.15) is 0 Å². The number of hydrazine groups is 1. The lowest BCUT2D eigenvalue weighted by molar-refractivity contribution is 0.450. The molecule has 1 aromatic carbocycles. The first kappa shape index (κ1) is 13.2. The lowest BCUT2D eigenvalue weighted by atomic mass is 10.2. The van der Waals surface area contributed by atoms with Gasteiger partial charge in [-0.15, -0.1) is 0 Å². The van der Waals surface area contributed by atoms with Crippen LogP contribution in [0.25, 0.3) is 0 Å². The minimum atomic E-state index is -0.318. The highest BCUT2D eigenvalue weighted by molar-refractivity contribution is 5.48. The molecule has 0 unspecified atom stereocenters. The number of nitrogens with zero attached hydrogens (tertiary/aromatic N) is 2. The molecule has 1 heterocycles. The quantitative estimate of drug-likeness (QED) is 0.654. The van der Waals surface area contributed by atoms with E-state index < -0.39 is 0 Å². The number of aryl methyl sites for hydroxylation is 1. The predicted molar refractivity (Wildman–Crippen MR) is 70.4 cm³/mol. The smallest absolute Gasteiger partial charge is 0.227 e. The van der Waals surface area contributed by atoms with Crippen LogP contribution in [-0.2, 0) is 6.42 Å². The Kier molecular flexibility index (Phi) is 3.91. The Morgan fingerprint density at radius 2 is 2.16 bits per heavy atom. The normalized spacial score (nSPS) is 10.3. The second-order valence-electron chi connectivity index (χ2n) is 4.02. The topological polar surface area (TPSA) is 73.1 Å². The van der Waals surface area contributed by atoms with Gasteiger partial charge in [-0.05, 0) is 25.0 Å². The summed E-state index contributed by atoms with van der Waals surface area (Å²) in [6.07, 6.45) is 1.98. The summed E-state index contributed by atoms with van der Waals surface area (Å²) in [5.74, 6) is 6.32. The number of aromatic nitrogens is 2. The van der Waals surface area contributed by atoms with Gasteiger partial charge in [0.15, 0.2) is 0 Å². The lowest BCUT2D eigenvalue weighted by Gasteiger charge is -2.11. The summed E-state index contributed by atoms with van der Waals surface area (Å²) in [4.78, 5) is 8.05. The van der Waals surface area contributed by atoms with Gasteiger partial charge in [0.05, 0.1) is 5.56 Å². The minimum Gasteiger partial charge on any atom is -0.438 e. The fourth-order valence-corrected chi connectivity index (χ4v) is 1.68. The number of nitrogens with two attached hydrogens (primary N) is 1. The van der Waals surface area contributed by atoms with Crippen LogP contribution in [0.2, 0.25) is 0 Å². The van der Waals surface area contributed by atoms with Crippen molar-refractivity contribution in [1.82, 2.24) is 9.97 Å². The van der Waals surface area contributed by atoms with Crippen molar-refractivity contribution in [2.24, 2.45) is 5.84 Å². The Labute approximate surface area is 110 Å². The van der Waals surface area contributed by atoms with Gasteiger partial charge in [-0.1, -0.05) is 13.0 Å². The number of halogens is 1. The minimum absolute atomic E-state index is 0.318. The molecule has 0 radical (unpaired) electrons. The Hall–Kier alpha value is -2.21. The van der Waals surface area contributed by atoms with E-state index in [1.165, 1.54) is 12.4 Å². The highest BCUT2D eigenvalue weighted by atomic mass is 19.1. The highest BCUT2D eigenvalue weighted by Crippen LogP contribution is 2.27. The zero-order chi connectivity index (χ0) is 13.8. The van der Waals surface area contributed by atoms with Gasteiger partial charge in [-0.3, -0.25) is 0 Å². The molecule has 0 fully saturated rings. The van der Waals surface area contributed by atoms with E-state index in [4.69, 9.17) is 10.6 Å². The Bertz CT molecular complexity index is 589. The maximum Gasteiger partial charge on any atom is 0.227 e. The van der Waals surface area contributed by atoms with E-state index in [-0.39, 0.29) is 5.82 Å². The summed E-state index contributed by atoms with van der Waals surface area (Å²) < 4.78 is 19.1. The van der Waals surface area contributed by atoms with Crippen molar-refractivity contribution < 1.29 is 9.13 Å². The van der Waals surface area contributed by atoms with E-state index in [0.29, 0.717) is 29.4 Å². The molecule has 0 aliphatic rings. The summed E-state index contributed by atoms with van der Waals surface area (Å²) >= 11 is 0. The Balaban J connectivity index is 2.35. The molecule has 6 heteroatoms. The van der Waals surface area contributed by atoms with Gasteiger partial charge in [0.2, 0.25) is 5.88 Å². The number of hydrogen-bond donors (Lipinski definition) is 2. The van der Waals surface area contributed by atoms with E-state index in [0.717, 1.165) is 5.56 Å². The lowest BCUT2D eigenvalue weighted by Crippen LogP contribution is -2.12. The summed E-state index contributed by atoms with van der Waals surface area (Å²) in [6.45, 7) is 3.62. The van der Waals surface area contributed by atoms with Gasteiger partial charge in [0, 0.05) is 6.07 Å². The van der Waals surface area contributed by atoms with Crippen molar-refractivity contribution in [1.29, 1.82) is 0 Å². The molecular formula is C13H15FN4O. The second-order valence-corrected chi connectivity index (χ2v) is 4.02. The maximum atomic E-state index is 13.5. The Morgan fingerprint density at radius 1 is 1.37 bits per heavy atom. The summed E-state index contributed by atoms with van der Waals surface area (Å²) in [5.41, 5.74) is 3.79. The first-order valence-corrected chi connectivity index (χ1v) is 5.90. The third-order valence-electron chi connectivity index (χ3n) is 2.75. The van der Waals surface area contributed by atoms with Gasteiger partial charge < -0.3 is 10.2 Å². The fraction of sp³-hybridized carbons (Fsp3) is 0.231. The van der Waals surface area contributed by atoms with Crippen LogP contribution in [0.15, 0.2) is 24.5 Å². The zero-order valence-corrected chi connectivity index (χ0v) is 10.8. The van der Waals surface area contributed by atoms with Crippen LogP contribution in [0.5, 0.6) is 11.6 Å².